The van der Waals surface area contributed by atoms with E-state index in [-0.39, 0.29) is 73.4 Å². The van der Waals surface area contributed by atoms with E-state index in [1.54, 1.807) is 25.9 Å². The number of methoxy groups -OCH3 is 2. The highest BCUT2D eigenvalue weighted by molar-refractivity contribution is 5.90. The molecule has 14 heteroatoms. The number of likely N-dealkylation sites (tertiary alicyclic amines) is 1. The number of halogens is 2. The molecule has 296 valence electrons. The second kappa shape index (κ2) is 20.9. The SMILES string of the molecule is CCC(C)[C@@H]([C@@H](CC(=O)N1C[C@@H](O)C[C@H]1[C@H](OC)[C@@H](C)C(=O)NCCc1c(F)cccc1F)OC)N(C)C(=O)C(NC(=O)[C@@H](NC)C(C)C)C(C)C. The van der Waals surface area contributed by atoms with Gasteiger partial charge in [0.2, 0.25) is 23.6 Å². The van der Waals surface area contributed by atoms with Crippen LogP contribution in [-0.2, 0) is 35.1 Å². The fraction of sp³-hybridized carbons (Fsp3) is 0.737. The van der Waals surface area contributed by atoms with E-state index in [9.17, 15) is 33.1 Å². The molecule has 1 heterocycles. The zero-order valence-corrected chi connectivity index (χ0v) is 32.9. The van der Waals surface area contributed by atoms with Crippen LogP contribution < -0.4 is 16.0 Å². The van der Waals surface area contributed by atoms with E-state index < -0.39 is 65.9 Å². The third-order valence-corrected chi connectivity index (χ3v) is 10.5. The maximum Gasteiger partial charge on any atom is 0.245 e. The van der Waals surface area contributed by atoms with Crippen molar-refractivity contribution in [2.75, 3.05) is 41.4 Å². The van der Waals surface area contributed by atoms with Gasteiger partial charge in [-0.1, -0.05) is 61.0 Å². The second-order valence-corrected chi connectivity index (χ2v) is 14.8. The summed E-state index contributed by atoms with van der Waals surface area (Å²) in [7, 11) is 6.29. The molecule has 2 unspecified atom stereocenters. The van der Waals surface area contributed by atoms with Crippen LogP contribution in [0.1, 0.15) is 73.3 Å². The van der Waals surface area contributed by atoms with Gasteiger partial charge < -0.3 is 40.3 Å². The first-order valence-electron chi connectivity index (χ1n) is 18.4. The van der Waals surface area contributed by atoms with Gasteiger partial charge in [0, 0.05) is 39.9 Å². The number of hydrogen-bond acceptors (Lipinski definition) is 8. The van der Waals surface area contributed by atoms with Crippen LogP contribution >= 0.6 is 0 Å². The van der Waals surface area contributed by atoms with E-state index in [0.717, 1.165) is 12.1 Å². The summed E-state index contributed by atoms with van der Waals surface area (Å²) in [5.74, 6) is -3.81. The van der Waals surface area contributed by atoms with Gasteiger partial charge in [-0.25, -0.2) is 8.78 Å². The first-order valence-corrected chi connectivity index (χ1v) is 18.4. The van der Waals surface area contributed by atoms with Crippen molar-refractivity contribution >= 4 is 23.6 Å². The molecule has 1 aromatic rings. The molecule has 1 saturated heterocycles. The number of benzene rings is 1. The lowest BCUT2D eigenvalue weighted by Crippen LogP contribution is -2.59. The van der Waals surface area contributed by atoms with Crippen LogP contribution in [0.5, 0.6) is 0 Å². The lowest BCUT2D eigenvalue weighted by atomic mass is 9.89. The topological polar surface area (TPSA) is 150 Å². The zero-order chi connectivity index (χ0) is 39.4. The van der Waals surface area contributed by atoms with Crippen LogP contribution in [0, 0.1) is 35.3 Å². The van der Waals surface area contributed by atoms with Crippen LogP contribution in [0.2, 0.25) is 0 Å². The van der Waals surface area contributed by atoms with Crippen LogP contribution in [0.25, 0.3) is 0 Å². The van der Waals surface area contributed by atoms with Crippen LogP contribution in [0.3, 0.4) is 0 Å². The Balaban J connectivity index is 2.25. The third kappa shape index (κ3) is 11.4. The molecule has 2 rings (SSSR count). The number of aliphatic hydroxyl groups is 1. The van der Waals surface area contributed by atoms with Crippen LogP contribution in [0.15, 0.2) is 18.2 Å². The van der Waals surface area contributed by atoms with E-state index in [1.807, 2.05) is 41.5 Å². The molecule has 0 radical (unpaired) electrons. The van der Waals surface area contributed by atoms with Gasteiger partial charge in [0.25, 0.3) is 0 Å². The van der Waals surface area contributed by atoms with Crippen molar-refractivity contribution in [1.29, 1.82) is 0 Å². The molecule has 0 spiro atoms. The van der Waals surface area contributed by atoms with E-state index in [1.165, 1.54) is 25.2 Å². The number of carbonyl (C=O) groups is 4. The summed E-state index contributed by atoms with van der Waals surface area (Å²) in [4.78, 5) is 57.6. The van der Waals surface area contributed by atoms with Gasteiger partial charge in [-0.3, -0.25) is 19.2 Å². The number of likely N-dealkylation sites (N-methyl/N-ethyl adjacent to an activating group) is 2. The van der Waals surface area contributed by atoms with Gasteiger partial charge in [0.15, 0.2) is 0 Å². The molecule has 0 bridgehead atoms. The Hall–Kier alpha value is -3.20. The highest BCUT2D eigenvalue weighted by Gasteiger charge is 2.45. The standard InChI is InChI=1S/C38H63F2N5O7/c1-12-23(6)34(44(9)38(50)33(22(4)5)43-37(49)32(41-8)21(2)3)30(51-10)19-31(47)45-20-25(46)18-29(45)35(52-11)24(7)36(48)42-17-16-26-27(39)14-13-15-28(26)40/h13-15,21-25,29-30,32-35,41,46H,12,16-20H2,1-11H3,(H,42,48)(H,43,49)/t23?,24-,25+,29+,30-,32+,33?,34+,35-/m1/s1. The predicted octanol–water partition coefficient (Wildman–Crippen LogP) is 2.90. The monoisotopic (exact) mass is 739 g/mol. The van der Waals surface area contributed by atoms with Gasteiger partial charge in [0.1, 0.15) is 17.7 Å². The van der Waals surface area contributed by atoms with Gasteiger partial charge in [-0.05, 0) is 49.8 Å². The van der Waals surface area contributed by atoms with Crippen LogP contribution in [0.4, 0.5) is 8.78 Å². The first-order chi connectivity index (χ1) is 24.4. The Morgan fingerprint density at radius 3 is 2.08 bits per heavy atom. The Labute approximate surface area is 308 Å². The van der Waals surface area contributed by atoms with Crippen molar-refractivity contribution in [3.05, 3.63) is 35.4 Å². The Kier molecular flexibility index (Phi) is 18.1. The summed E-state index contributed by atoms with van der Waals surface area (Å²) in [6.07, 6.45) is -1.71. The second-order valence-electron chi connectivity index (χ2n) is 14.8. The third-order valence-electron chi connectivity index (χ3n) is 10.5. The summed E-state index contributed by atoms with van der Waals surface area (Å²) < 4.78 is 39.9. The van der Waals surface area contributed by atoms with Gasteiger partial charge in [0.05, 0.1) is 48.8 Å². The number of ether oxygens (including phenoxy) is 2. The minimum absolute atomic E-state index is 0.00178. The summed E-state index contributed by atoms with van der Waals surface area (Å²) in [5.41, 5.74) is -0.122. The zero-order valence-electron chi connectivity index (χ0n) is 32.9. The number of aliphatic hydroxyl groups excluding tert-OH is 1. The van der Waals surface area contributed by atoms with E-state index >= 15 is 0 Å². The number of nitrogens with one attached hydrogen (secondary N) is 3. The first kappa shape index (κ1) is 45.0. The normalized spacial score (nSPS) is 20.2. The largest absolute Gasteiger partial charge is 0.391 e. The number of carbonyl (C=O) groups excluding carboxylic acids is 4. The van der Waals surface area contributed by atoms with E-state index in [4.69, 9.17) is 9.47 Å². The van der Waals surface area contributed by atoms with Gasteiger partial charge >= 0.3 is 0 Å². The van der Waals surface area contributed by atoms with Gasteiger partial charge in [-0.2, -0.15) is 0 Å². The number of nitrogens with zero attached hydrogens (tertiary/aromatic N) is 2. The minimum atomic E-state index is -0.857. The fourth-order valence-electron chi connectivity index (χ4n) is 7.29. The molecule has 0 saturated carbocycles. The Morgan fingerprint density at radius 1 is 0.981 bits per heavy atom. The fourth-order valence-corrected chi connectivity index (χ4v) is 7.29. The van der Waals surface area contributed by atoms with Crippen molar-refractivity contribution in [2.24, 2.45) is 23.7 Å². The molecule has 1 aliphatic heterocycles. The molecule has 1 fully saturated rings. The average molecular weight is 740 g/mol. The molecule has 1 aliphatic rings. The number of amides is 4. The van der Waals surface area contributed by atoms with Crippen molar-refractivity contribution < 1.29 is 42.5 Å². The number of β-amino-alcohol motifs (C(OH)–C–C–N with tert-alkyl or cyclic N) is 1. The molecule has 4 N–H and O–H groups in total. The van der Waals surface area contributed by atoms with E-state index in [0.29, 0.717) is 6.42 Å². The molecule has 4 amide bonds. The highest BCUT2D eigenvalue weighted by Crippen LogP contribution is 2.30. The number of hydrogen-bond donors (Lipinski definition) is 4. The van der Waals surface area contributed by atoms with Gasteiger partial charge in [-0.15, -0.1) is 0 Å². The lowest BCUT2D eigenvalue weighted by molar-refractivity contribution is -0.147. The molecule has 0 aliphatic carbocycles. The van der Waals surface area contributed by atoms with E-state index in [2.05, 4.69) is 16.0 Å². The smallest absolute Gasteiger partial charge is 0.245 e. The van der Waals surface area contributed by atoms with Crippen molar-refractivity contribution in [2.45, 2.75) is 117 Å². The molecule has 52 heavy (non-hydrogen) atoms. The quantitative estimate of drug-likeness (QED) is 0.160. The van der Waals surface area contributed by atoms with Crippen molar-refractivity contribution in [1.82, 2.24) is 25.8 Å². The highest BCUT2D eigenvalue weighted by atomic mass is 19.1. The summed E-state index contributed by atoms with van der Waals surface area (Å²) >= 11 is 0. The summed E-state index contributed by atoms with van der Waals surface area (Å²) in [6, 6.07) is 1.10. The Morgan fingerprint density at radius 2 is 1.58 bits per heavy atom. The van der Waals surface area contributed by atoms with Crippen LogP contribution in [-0.4, -0.2) is 122 Å². The van der Waals surface area contributed by atoms with Crippen molar-refractivity contribution in [3.63, 3.8) is 0 Å². The summed E-state index contributed by atoms with van der Waals surface area (Å²) in [6.45, 7) is 13.2. The molecule has 9 atom stereocenters. The molecule has 1 aromatic carbocycles. The predicted molar refractivity (Wildman–Crippen MR) is 195 cm³/mol. The Bertz CT molecular complexity index is 1310. The molecular formula is C38H63F2N5O7. The lowest BCUT2D eigenvalue weighted by Gasteiger charge is -2.41. The summed E-state index contributed by atoms with van der Waals surface area (Å²) in [5, 5.41) is 19.4. The molecule has 0 aromatic heterocycles. The number of rotatable bonds is 20. The maximum atomic E-state index is 14.1. The average Bonchev–Trinajstić information content (AvgIpc) is 3.48. The molecular weight excluding hydrogens is 676 g/mol. The minimum Gasteiger partial charge on any atom is -0.391 e. The molecule has 12 nitrogen and oxygen atoms in total. The maximum absolute atomic E-state index is 14.1. The van der Waals surface area contributed by atoms with Crippen molar-refractivity contribution in [3.8, 4) is 0 Å².